The Morgan fingerprint density at radius 3 is 2.24 bits per heavy atom. The molecule has 0 unspecified atom stereocenters. The van der Waals surface area contributed by atoms with E-state index in [4.69, 9.17) is 14.2 Å². The van der Waals surface area contributed by atoms with Gasteiger partial charge in [0.2, 0.25) is 15.8 Å². The van der Waals surface area contributed by atoms with Gasteiger partial charge in [0, 0.05) is 38.0 Å². The zero-order valence-corrected chi connectivity index (χ0v) is 20.5. The number of nitrogens with zero attached hydrogens (tertiary/aromatic N) is 1. The zero-order chi connectivity index (χ0) is 20.6. The summed E-state index contributed by atoms with van der Waals surface area (Å²) in [5, 5.41) is 7.86. The molecule has 0 aliphatic heterocycles. The Bertz CT molecular complexity index is 880. The molecule has 0 aliphatic rings. The van der Waals surface area contributed by atoms with E-state index in [0.29, 0.717) is 35.4 Å². The Morgan fingerprint density at radius 2 is 1.76 bits per heavy atom. The molecule has 0 amide bonds. The third-order valence-corrected chi connectivity index (χ3v) is 6.48. The first-order chi connectivity index (χ1) is 13.4. The lowest BCUT2D eigenvalue weighted by Crippen LogP contribution is -2.37. The van der Waals surface area contributed by atoms with Crippen molar-refractivity contribution in [3.63, 3.8) is 0 Å². The maximum atomic E-state index is 12.1. The molecule has 0 saturated carbocycles. The molecule has 0 bridgehead atoms. The van der Waals surface area contributed by atoms with E-state index in [1.165, 1.54) is 32.7 Å². The molecule has 0 spiro atoms. The number of aliphatic imine (C=N–C) groups is 1. The van der Waals surface area contributed by atoms with Crippen molar-refractivity contribution in [3.05, 3.63) is 29.6 Å². The number of methoxy groups -OCH3 is 3. The number of nitrogens with one attached hydrogen (secondary N) is 3. The topological polar surface area (TPSA) is 110 Å². The van der Waals surface area contributed by atoms with E-state index in [9.17, 15) is 8.42 Å². The molecular formula is C17H25IN4O5S2. The van der Waals surface area contributed by atoms with Crippen molar-refractivity contribution in [2.45, 2.75) is 4.21 Å². The first-order valence-corrected chi connectivity index (χ1v) is 10.6. The second-order valence-corrected chi connectivity index (χ2v) is 8.31. The van der Waals surface area contributed by atoms with Crippen LogP contribution in [0.5, 0.6) is 17.2 Å². The van der Waals surface area contributed by atoms with Crippen molar-refractivity contribution >= 4 is 57.0 Å². The van der Waals surface area contributed by atoms with Crippen molar-refractivity contribution in [2.24, 2.45) is 4.99 Å². The molecule has 162 valence electrons. The standard InChI is InChI=1S/C17H24N4O5S2.HI/c1-18-17(19-7-8-20-28(22,23)15-6-5-9-27-15)21-12-10-13(24-2)16(26-4)14(11-12)25-3;/h5-6,9-11,20H,7-8H2,1-4H3,(H2,18,19,21);1H. The Hall–Kier alpha value is -1.77. The Kier molecular flexibility index (Phi) is 10.5. The van der Waals surface area contributed by atoms with Crippen LogP contribution in [0.3, 0.4) is 0 Å². The average Bonchev–Trinajstić information content (AvgIpc) is 3.25. The number of thiophene rings is 1. The van der Waals surface area contributed by atoms with Gasteiger partial charge in [-0.2, -0.15) is 0 Å². The van der Waals surface area contributed by atoms with Gasteiger partial charge >= 0.3 is 0 Å². The second kappa shape index (κ2) is 12.0. The van der Waals surface area contributed by atoms with Gasteiger partial charge in [-0.1, -0.05) is 6.07 Å². The highest BCUT2D eigenvalue weighted by Crippen LogP contribution is 2.39. The number of benzene rings is 1. The van der Waals surface area contributed by atoms with Gasteiger partial charge in [0.15, 0.2) is 17.5 Å². The molecule has 0 aliphatic carbocycles. The van der Waals surface area contributed by atoms with Gasteiger partial charge < -0.3 is 24.8 Å². The normalized spacial score (nSPS) is 11.4. The van der Waals surface area contributed by atoms with Gasteiger partial charge in [0.25, 0.3) is 0 Å². The van der Waals surface area contributed by atoms with E-state index in [1.807, 2.05) is 0 Å². The lowest BCUT2D eigenvalue weighted by Gasteiger charge is -2.16. The van der Waals surface area contributed by atoms with Gasteiger partial charge in [0.05, 0.1) is 21.3 Å². The van der Waals surface area contributed by atoms with Gasteiger partial charge in [-0.15, -0.1) is 35.3 Å². The lowest BCUT2D eigenvalue weighted by atomic mass is 10.2. The van der Waals surface area contributed by atoms with Gasteiger partial charge in [0.1, 0.15) is 4.21 Å². The number of rotatable bonds is 9. The summed E-state index contributed by atoms with van der Waals surface area (Å²) in [5.41, 5.74) is 0.668. The summed E-state index contributed by atoms with van der Waals surface area (Å²) in [6.45, 7) is 0.547. The van der Waals surface area contributed by atoms with Gasteiger partial charge in [-0.05, 0) is 11.4 Å². The van der Waals surface area contributed by atoms with Crippen LogP contribution in [0.1, 0.15) is 0 Å². The SMILES string of the molecule is CN=C(NCCNS(=O)(=O)c1cccs1)Nc1cc(OC)c(OC)c(OC)c1.I. The molecule has 1 aromatic carbocycles. The summed E-state index contributed by atoms with van der Waals surface area (Å²) in [7, 11) is 2.73. The third-order valence-electron chi connectivity index (χ3n) is 3.62. The Labute approximate surface area is 191 Å². The average molecular weight is 556 g/mol. The van der Waals surface area contributed by atoms with Crippen LogP contribution in [-0.4, -0.2) is 55.8 Å². The molecule has 0 atom stereocenters. The smallest absolute Gasteiger partial charge is 0.250 e. The minimum absolute atomic E-state index is 0. The molecule has 1 heterocycles. The van der Waals surface area contributed by atoms with Crippen molar-refractivity contribution in [3.8, 4) is 17.2 Å². The maximum absolute atomic E-state index is 12.1. The minimum atomic E-state index is -3.48. The van der Waals surface area contributed by atoms with Crippen LogP contribution >= 0.6 is 35.3 Å². The van der Waals surface area contributed by atoms with E-state index in [-0.39, 0.29) is 34.7 Å². The highest BCUT2D eigenvalue weighted by atomic mass is 127. The Morgan fingerprint density at radius 1 is 1.10 bits per heavy atom. The van der Waals surface area contributed by atoms with E-state index in [0.717, 1.165) is 0 Å². The summed E-state index contributed by atoms with van der Waals surface area (Å²) in [6, 6.07) is 6.74. The first-order valence-electron chi connectivity index (χ1n) is 8.26. The summed E-state index contributed by atoms with van der Waals surface area (Å²) in [5.74, 6) is 1.96. The highest BCUT2D eigenvalue weighted by Gasteiger charge is 2.15. The van der Waals surface area contributed by atoms with Crippen LogP contribution in [-0.2, 0) is 10.0 Å². The number of guanidine groups is 1. The van der Waals surface area contributed by atoms with E-state index < -0.39 is 10.0 Å². The molecule has 2 rings (SSSR count). The van der Waals surface area contributed by atoms with E-state index in [1.54, 1.807) is 36.7 Å². The molecule has 0 radical (unpaired) electrons. The van der Waals surface area contributed by atoms with Gasteiger partial charge in [-0.25, -0.2) is 13.1 Å². The van der Waals surface area contributed by atoms with E-state index in [2.05, 4.69) is 20.3 Å². The summed E-state index contributed by atoms with van der Waals surface area (Å²) in [6.07, 6.45) is 0. The second-order valence-electron chi connectivity index (χ2n) is 5.37. The number of halogens is 1. The van der Waals surface area contributed by atoms with Crippen LogP contribution in [0.4, 0.5) is 5.69 Å². The predicted molar refractivity (Wildman–Crippen MR) is 126 cm³/mol. The molecule has 29 heavy (non-hydrogen) atoms. The number of hydrogen-bond donors (Lipinski definition) is 3. The predicted octanol–water partition coefficient (Wildman–Crippen LogP) is 2.36. The summed E-state index contributed by atoms with van der Waals surface area (Å²) >= 11 is 1.17. The monoisotopic (exact) mass is 556 g/mol. The molecule has 0 fully saturated rings. The fourth-order valence-electron chi connectivity index (χ4n) is 2.32. The van der Waals surface area contributed by atoms with Crippen molar-refractivity contribution in [1.29, 1.82) is 0 Å². The van der Waals surface area contributed by atoms with Crippen LogP contribution < -0.4 is 29.6 Å². The van der Waals surface area contributed by atoms with Crippen molar-refractivity contribution in [2.75, 3.05) is 46.8 Å². The van der Waals surface area contributed by atoms with Crippen LogP contribution in [0.25, 0.3) is 0 Å². The third kappa shape index (κ3) is 6.90. The number of anilines is 1. The number of hydrogen-bond acceptors (Lipinski definition) is 7. The zero-order valence-electron chi connectivity index (χ0n) is 16.5. The maximum Gasteiger partial charge on any atom is 0.250 e. The molecule has 1 aromatic heterocycles. The van der Waals surface area contributed by atoms with Crippen LogP contribution in [0.15, 0.2) is 38.8 Å². The van der Waals surface area contributed by atoms with Crippen molar-refractivity contribution in [1.82, 2.24) is 10.0 Å². The molecule has 2 aromatic rings. The van der Waals surface area contributed by atoms with Crippen molar-refractivity contribution < 1.29 is 22.6 Å². The number of sulfonamides is 1. The lowest BCUT2D eigenvalue weighted by molar-refractivity contribution is 0.324. The highest BCUT2D eigenvalue weighted by molar-refractivity contribution is 14.0. The van der Waals surface area contributed by atoms with Gasteiger partial charge in [-0.3, -0.25) is 4.99 Å². The Balaban J connectivity index is 0.00000420. The molecule has 3 N–H and O–H groups in total. The molecule has 9 nitrogen and oxygen atoms in total. The van der Waals surface area contributed by atoms with E-state index >= 15 is 0 Å². The quantitative estimate of drug-likeness (QED) is 0.188. The summed E-state index contributed by atoms with van der Waals surface area (Å²) in [4.78, 5) is 4.13. The molecule has 0 saturated heterocycles. The first kappa shape index (κ1) is 25.3. The van der Waals surface area contributed by atoms with Crippen LogP contribution in [0, 0.1) is 0 Å². The molecular weight excluding hydrogens is 531 g/mol. The fraction of sp³-hybridized carbons (Fsp3) is 0.353. The number of ether oxygens (including phenoxy) is 3. The largest absolute Gasteiger partial charge is 0.493 e. The fourth-order valence-corrected chi connectivity index (χ4v) is 4.39. The summed E-state index contributed by atoms with van der Waals surface area (Å²) < 4.78 is 42.9. The minimum Gasteiger partial charge on any atom is -0.493 e. The molecule has 12 heteroatoms. The van der Waals surface area contributed by atoms with Crippen LogP contribution in [0.2, 0.25) is 0 Å².